The molecule has 1 aromatic heterocycles. The van der Waals surface area contributed by atoms with E-state index in [1.807, 2.05) is 0 Å². The number of rotatable bonds is 5. The zero-order valence-corrected chi connectivity index (χ0v) is 9.38. The van der Waals surface area contributed by atoms with Gasteiger partial charge in [0.05, 0.1) is 12.4 Å². The molecule has 0 saturated carbocycles. The van der Waals surface area contributed by atoms with Crippen molar-refractivity contribution in [1.29, 1.82) is 0 Å². The van der Waals surface area contributed by atoms with Gasteiger partial charge < -0.3 is 5.32 Å². The molecule has 1 heterocycles. The minimum atomic E-state index is 0.428. The molecule has 0 aliphatic rings. The highest BCUT2D eigenvalue weighted by molar-refractivity contribution is 6.29. The molecule has 14 heavy (non-hydrogen) atoms. The summed E-state index contributed by atoms with van der Waals surface area (Å²) in [6.07, 6.45) is 5.65. The predicted octanol–water partition coefficient (Wildman–Crippen LogP) is 2.98. The van der Waals surface area contributed by atoms with E-state index in [0.717, 1.165) is 12.4 Å². The fraction of sp³-hybridized carbons (Fsp3) is 0.600. The van der Waals surface area contributed by atoms with Gasteiger partial charge >= 0.3 is 0 Å². The van der Waals surface area contributed by atoms with Crippen molar-refractivity contribution in [3.05, 3.63) is 17.5 Å². The molecule has 0 bridgehead atoms. The Bertz CT molecular complexity index is 261. The van der Waals surface area contributed by atoms with Crippen LogP contribution < -0.4 is 5.32 Å². The first kappa shape index (κ1) is 11.2. The van der Waals surface area contributed by atoms with Crippen LogP contribution in [0, 0.1) is 5.92 Å². The lowest BCUT2D eigenvalue weighted by molar-refractivity contribution is 0.550. The quantitative estimate of drug-likeness (QED) is 0.817. The molecule has 0 amide bonds. The molecule has 1 N–H and O–H groups in total. The minimum Gasteiger partial charge on any atom is -0.369 e. The molecule has 0 radical (unpaired) electrons. The van der Waals surface area contributed by atoms with E-state index in [1.165, 1.54) is 12.8 Å². The van der Waals surface area contributed by atoms with E-state index in [0.29, 0.717) is 11.1 Å². The van der Waals surface area contributed by atoms with Crippen LogP contribution >= 0.6 is 11.6 Å². The highest BCUT2D eigenvalue weighted by atomic mass is 35.5. The highest BCUT2D eigenvalue weighted by Gasteiger charge is 2.00. The number of hydrogen-bond donors (Lipinski definition) is 1. The molecule has 78 valence electrons. The van der Waals surface area contributed by atoms with Crippen molar-refractivity contribution in [3.63, 3.8) is 0 Å². The van der Waals surface area contributed by atoms with Gasteiger partial charge in [0, 0.05) is 6.54 Å². The fourth-order valence-electron chi connectivity index (χ4n) is 1.28. The van der Waals surface area contributed by atoms with Crippen LogP contribution in [0.4, 0.5) is 5.82 Å². The van der Waals surface area contributed by atoms with Gasteiger partial charge in [-0.25, -0.2) is 9.97 Å². The second kappa shape index (κ2) is 5.81. The van der Waals surface area contributed by atoms with Gasteiger partial charge in [-0.3, -0.25) is 0 Å². The number of aromatic nitrogens is 2. The predicted molar refractivity (Wildman–Crippen MR) is 59.6 cm³/mol. The molecule has 3 nitrogen and oxygen atoms in total. The van der Waals surface area contributed by atoms with Crippen molar-refractivity contribution in [2.24, 2.45) is 5.92 Å². The Balaban J connectivity index is 2.34. The van der Waals surface area contributed by atoms with E-state index >= 15 is 0 Å². The normalized spacial score (nSPS) is 12.5. The summed E-state index contributed by atoms with van der Waals surface area (Å²) in [4.78, 5) is 8.05. The van der Waals surface area contributed by atoms with Crippen LogP contribution in [0.5, 0.6) is 0 Å². The Labute approximate surface area is 89.9 Å². The Hall–Kier alpha value is -0.830. The van der Waals surface area contributed by atoms with Crippen molar-refractivity contribution in [2.45, 2.75) is 26.7 Å². The third-order valence-corrected chi connectivity index (χ3v) is 2.23. The molecule has 1 rings (SSSR count). The van der Waals surface area contributed by atoms with Gasteiger partial charge in [-0.1, -0.05) is 31.9 Å². The van der Waals surface area contributed by atoms with E-state index in [-0.39, 0.29) is 0 Å². The van der Waals surface area contributed by atoms with Gasteiger partial charge in [0.1, 0.15) is 11.0 Å². The molecule has 1 unspecified atom stereocenters. The van der Waals surface area contributed by atoms with Crippen molar-refractivity contribution in [2.75, 3.05) is 11.9 Å². The third-order valence-electron chi connectivity index (χ3n) is 2.03. The molecular formula is C10H16ClN3. The summed E-state index contributed by atoms with van der Waals surface area (Å²) in [6, 6.07) is 0. The lowest BCUT2D eigenvalue weighted by Gasteiger charge is -2.11. The van der Waals surface area contributed by atoms with Crippen molar-refractivity contribution >= 4 is 17.4 Å². The van der Waals surface area contributed by atoms with Crippen LogP contribution in [0.15, 0.2) is 12.4 Å². The second-order valence-corrected chi connectivity index (χ2v) is 3.89. The van der Waals surface area contributed by atoms with E-state index in [1.54, 1.807) is 12.4 Å². The third kappa shape index (κ3) is 3.92. The van der Waals surface area contributed by atoms with Gasteiger partial charge in [0.25, 0.3) is 0 Å². The molecule has 1 atom stereocenters. The van der Waals surface area contributed by atoms with Gasteiger partial charge in [-0.15, -0.1) is 0 Å². The van der Waals surface area contributed by atoms with Crippen molar-refractivity contribution in [3.8, 4) is 0 Å². The van der Waals surface area contributed by atoms with Crippen LogP contribution in [0.2, 0.25) is 5.15 Å². The van der Waals surface area contributed by atoms with Crippen LogP contribution in [0.25, 0.3) is 0 Å². The minimum absolute atomic E-state index is 0.428. The van der Waals surface area contributed by atoms with E-state index in [4.69, 9.17) is 11.6 Å². The zero-order chi connectivity index (χ0) is 10.4. The number of nitrogens with one attached hydrogen (secondary N) is 1. The number of anilines is 1. The van der Waals surface area contributed by atoms with Gasteiger partial charge in [0.15, 0.2) is 0 Å². The zero-order valence-electron chi connectivity index (χ0n) is 8.63. The first-order chi connectivity index (χ1) is 6.72. The maximum absolute atomic E-state index is 5.62. The van der Waals surface area contributed by atoms with Crippen LogP contribution in [0.1, 0.15) is 26.7 Å². The highest BCUT2D eigenvalue weighted by Crippen LogP contribution is 2.08. The summed E-state index contributed by atoms with van der Waals surface area (Å²) in [5.74, 6) is 1.45. The van der Waals surface area contributed by atoms with E-state index < -0.39 is 0 Å². The van der Waals surface area contributed by atoms with Gasteiger partial charge in [0.2, 0.25) is 0 Å². The van der Waals surface area contributed by atoms with Crippen LogP contribution in [-0.2, 0) is 0 Å². The number of nitrogens with zero attached hydrogens (tertiary/aromatic N) is 2. The molecule has 0 spiro atoms. The monoisotopic (exact) mass is 213 g/mol. The second-order valence-electron chi connectivity index (χ2n) is 3.50. The largest absolute Gasteiger partial charge is 0.369 e. The topological polar surface area (TPSA) is 37.8 Å². The Morgan fingerprint density at radius 2 is 2.21 bits per heavy atom. The summed E-state index contributed by atoms with van der Waals surface area (Å²) < 4.78 is 0. The first-order valence-corrected chi connectivity index (χ1v) is 5.31. The van der Waals surface area contributed by atoms with Crippen LogP contribution in [0.3, 0.4) is 0 Å². The summed E-state index contributed by atoms with van der Waals surface area (Å²) in [5.41, 5.74) is 0. The number of hydrogen-bond acceptors (Lipinski definition) is 3. The van der Waals surface area contributed by atoms with Crippen molar-refractivity contribution in [1.82, 2.24) is 9.97 Å². The molecule has 0 aromatic carbocycles. The van der Waals surface area contributed by atoms with Gasteiger partial charge in [-0.05, 0) is 12.3 Å². The molecule has 4 heteroatoms. The fourth-order valence-corrected chi connectivity index (χ4v) is 1.37. The molecule has 0 aliphatic heterocycles. The van der Waals surface area contributed by atoms with Crippen molar-refractivity contribution < 1.29 is 0 Å². The first-order valence-electron chi connectivity index (χ1n) is 4.93. The molecule has 0 aliphatic carbocycles. The summed E-state index contributed by atoms with van der Waals surface area (Å²) in [6.45, 7) is 5.35. The van der Waals surface area contributed by atoms with Gasteiger partial charge in [-0.2, -0.15) is 0 Å². The Morgan fingerprint density at radius 1 is 1.43 bits per heavy atom. The van der Waals surface area contributed by atoms with E-state index in [9.17, 15) is 0 Å². The summed E-state index contributed by atoms with van der Waals surface area (Å²) in [5, 5.41) is 3.65. The summed E-state index contributed by atoms with van der Waals surface area (Å²) >= 11 is 5.62. The molecular weight excluding hydrogens is 198 g/mol. The standard InChI is InChI=1S/C10H16ClN3/c1-3-4-8(2)5-13-10-7-12-9(11)6-14-10/h6-8H,3-5H2,1-2H3,(H,13,14). The molecule has 1 aromatic rings. The van der Waals surface area contributed by atoms with E-state index in [2.05, 4.69) is 29.1 Å². The maximum atomic E-state index is 5.62. The average Bonchev–Trinajstić information content (AvgIpc) is 2.17. The van der Waals surface area contributed by atoms with Crippen LogP contribution in [-0.4, -0.2) is 16.5 Å². The number of halogens is 1. The SMILES string of the molecule is CCCC(C)CNc1cnc(Cl)cn1. The Morgan fingerprint density at radius 3 is 2.79 bits per heavy atom. The smallest absolute Gasteiger partial charge is 0.147 e. The average molecular weight is 214 g/mol. The summed E-state index contributed by atoms with van der Waals surface area (Å²) in [7, 11) is 0. The molecule has 0 fully saturated rings. The maximum Gasteiger partial charge on any atom is 0.147 e. The lowest BCUT2D eigenvalue weighted by Crippen LogP contribution is -2.11. The Kier molecular flexibility index (Phi) is 4.66. The molecule has 0 saturated heterocycles. The lowest BCUT2D eigenvalue weighted by atomic mass is 10.1.